The minimum atomic E-state index is 0.357. The molecule has 2 aliphatic rings. The molecule has 1 aliphatic carbocycles. The Morgan fingerprint density at radius 1 is 1.00 bits per heavy atom. The lowest BCUT2D eigenvalue weighted by Gasteiger charge is -2.31. The molecule has 202 valence electrons. The molecule has 1 N–H and O–H groups in total. The molecule has 2 heterocycles. The Balaban J connectivity index is 1.27. The van der Waals surface area contributed by atoms with Gasteiger partial charge in [0.15, 0.2) is 0 Å². The van der Waals surface area contributed by atoms with Crippen LogP contribution in [-0.2, 0) is 19.4 Å². The molecular formula is C32H41N3O3. The van der Waals surface area contributed by atoms with Crippen molar-refractivity contribution in [3.8, 4) is 17.2 Å². The van der Waals surface area contributed by atoms with E-state index in [0.29, 0.717) is 18.3 Å². The van der Waals surface area contributed by atoms with Crippen LogP contribution in [0.1, 0.15) is 60.9 Å². The Bertz CT molecular complexity index is 1190. The summed E-state index contributed by atoms with van der Waals surface area (Å²) in [4.78, 5) is 9.63. The standard InChI is InChI=1S/C32H41N3O3/c1-3-35(23-27-10-12-30(22-33-27)38-18-17-34-15-5-4-6-16-34)32-21-29(37-2)13-14-31(32)26-8-7-25-20-28(36)11-9-24(25)19-26/h9-14,20-22,26,36H,3-8,15-19,23H2,1-2H3. The molecule has 0 amide bonds. The van der Waals surface area contributed by atoms with Crippen molar-refractivity contribution in [1.29, 1.82) is 0 Å². The number of benzene rings is 2. The van der Waals surface area contributed by atoms with Crippen LogP contribution < -0.4 is 14.4 Å². The van der Waals surface area contributed by atoms with Gasteiger partial charge >= 0.3 is 0 Å². The molecular weight excluding hydrogens is 474 g/mol. The zero-order valence-electron chi connectivity index (χ0n) is 22.9. The summed E-state index contributed by atoms with van der Waals surface area (Å²) in [7, 11) is 1.73. The van der Waals surface area contributed by atoms with Gasteiger partial charge in [-0.1, -0.05) is 18.6 Å². The van der Waals surface area contributed by atoms with Gasteiger partial charge in [-0.05, 0) is 105 Å². The number of aromatic nitrogens is 1. The maximum atomic E-state index is 9.90. The van der Waals surface area contributed by atoms with Crippen LogP contribution in [0.2, 0.25) is 0 Å². The molecule has 0 radical (unpaired) electrons. The van der Waals surface area contributed by atoms with Crippen molar-refractivity contribution in [1.82, 2.24) is 9.88 Å². The molecule has 2 aromatic carbocycles. The summed E-state index contributed by atoms with van der Waals surface area (Å²) in [6.45, 7) is 7.86. The number of ether oxygens (including phenoxy) is 2. The Hall–Kier alpha value is -3.25. The molecule has 1 atom stereocenters. The first-order valence-corrected chi connectivity index (χ1v) is 14.2. The maximum Gasteiger partial charge on any atom is 0.137 e. The maximum absolute atomic E-state index is 9.90. The number of pyridine rings is 1. The van der Waals surface area contributed by atoms with Gasteiger partial charge in [-0.25, -0.2) is 0 Å². The van der Waals surface area contributed by atoms with Gasteiger partial charge < -0.3 is 19.5 Å². The molecule has 38 heavy (non-hydrogen) atoms. The van der Waals surface area contributed by atoms with E-state index in [1.165, 1.54) is 54.7 Å². The first-order valence-electron chi connectivity index (χ1n) is 14.2. The van der Waals surface area contributed by atoms with Gasteiger partial charge in [0.2, 0.25) is 0 Å². The molecule has 0 saturated carbocycles. The third-order valence-electron chi connectivity index (χ3n) is 8.09. The largest absolute Gasteiger partial charge is 0.508 e. The number of methoxy groups -OCH3 is 1. The molecule has 6 nitrogen and oxygen atoms in total. The number of piperidine rings is 1. The predicted octanol–water partition coefficient (Wildman–Crippen LogP) is 5.96. The van der Waals surface area contributed by atoms with E-state index in [2.05, 4.69) is 47.1 Å². The van der Waals surface area contributed by atoms with Gasteiger partial charge in [-0.3, -0.25) is 9.88 Å². The fraction of sp³-hybridized carbons (Fsp3) is 0.469. The van der Waals surface area contributed by atoms with Crippen molar-refractivity contribution in [2.24, 2.45) is 0 Å². The topological polar surface area (TPSA) is 58.1 Å². The number of phenols is 1. The molecule has 3 aromatic rings. The van der Waals surface area contributed by atoms with E-state index < -0.39 is 0 Å². The first-order chi connectivity index (χ1) is 18.6. The number of likely N-dealkylation sites (tertiary alicyclic amines) is 1. The van der Waals surface area contributed by atoms with Crippen LogP contribution in [-0.4, -0.2) is 54.9 Å². The number of hydrogen-bond donors (Lipinski definition) is 1. The summed E-state index contributed by atoms with van der Waals surface area (Å²) in [6.07, 6.45) is 8.85. The Morgan fingerprint density at radius 2 is 1.84 bits per heavy atom. The molecule has 1 saturated heterocycles. The van der Waals surface area contributed by atoms with E-state index in [9.17, 15) is 5.11 Å². The highest BCUT2D eigenvalue weighted by molar-refractivity contribution is 5.59. The minimum Gasteiger partial charge on any atom is -0.508 e. The number of anilines is 1. The number of phenolic OH excluding ortho intramolecular Hbond substituents is 1. The van der Waals surface area contributed by atoms with E-state index in [1.807, 2.05) is 18.3 Å². The van der Waals surface area contributed by atoms with Gasteiger partial charge in [0, 0.05) is 24.8 Å². The van der Waals surface area contributed by atoms with Crippen molar-refractivity contribution in [3.63, 3.8) is 0 Å². The number of aromatic hydroxyl groups is 1. The highest BCUT2D eigenvalue weighted by atomic mass is 16.5. The zero-order chi connectivity index (χ0) is 26.3. The van der Waals surface area contributed by atoms with Gasteiger partial charge in [0.05, 0.1) is 25.5 Å². The van der Waals surface area contributed by atoms with Crippen LogP contribution in [0.3, 0.4) is 0 Å². The lowest BCUT2D eigenvalue weighted by molar-refractivity contribution is 0.183. The van der Waals surface area contributed by atoms with Gasteiger partial charge in [-0.15, -0.1) is 0 Å². The third-order valence-corrected chi connectivity index (χ3v) is 8.09. The monoisotopic (exact) mass is 515 g/mol. The Labute approximate surface area is 227 Å². The third kappa shape index (κ3) is 6.41. The van der Waals surface area contributed by atoms with E-state index in [4.69, 9.17) is 14.5 Å². The number of aryl methyl sites for hydroxylation is 1. The summed E-state index contributed by atoms with van der Waals surface area (Å²) in [6, 6.07) is 16.4. The van der Waals surface area contributed by atoms with E-state index in [-0.39, 0.29) is 0 Å². The Morgan fingerprint density at radius 3 is 2.61 bits per heavy atom. The highest BCUT2D eigenvalue weighted by Gasteiger charge is 2.25. The fourth-order valence-corrected chi connectivity index (χ4v) is 5.90. The van der Waals surface area contributed by atoms with E-state index >= 15 is 0 Å². The van der Waals surface area contributed by atoms with E-state index in [0.717, 1.165) is 56.1 Å². The average Bonchev–Trinajstić information content (AvgIpc) is 2.96. The molecule has 0 spiro atoms. The van der Waals surface area contributed by atoms with Crippen molar-refractivity contribution in [3.05, 3.63) is 77.1 Å². The molecule has 6 heteroatoms. The predicted molar refractivity (Wildman–Crippen MR) is 153 cm³/mol. The number of fused-ring (bicyclic) bond motifs is 1. The van der Waals surface area contributed by atoms with Crippen molar-refractivity contribution >= 4 is 5.69 Å². The molecule has 1 aliphatic heterocycles. The van der Waals surface area contributed by atoms with Crippen LogP contribution >= 0.6 is 0 Å². The molecule has 1 aromatic heterocycles. The van der Waals surface area contributed by atoms with Crippen molar-refractivity contribution in [2.75, 3.05) is 44.8 Å². The average molecular weight is 516 g/mol. The summed E-state index contributed by atoms with van der Waals surface area (Å²) < 4.78 is 11.6. The van der Waals surface area contributed by atoms with Gasteiger partial charge in [0.1, 0.15) is 23.9 Å². The van der Waals surface area contributed by atoms with Crippen LogP contribution in [0.15, 0.2) is 54.7 Å². The van der Waals surface area contributed by atoms with Crippen LogP contribution in [0.25, 0.3) is 0 Å². The zero-order valence-corrected chi connectivity index (χ0v) is 22.9. The van der Waals surface area contributed by atoms with Gasteiger partial charge in [0.25, 0.3) is 0 Å². The fourth-order valence-electron chi connectivity index (χ4n) is 5.90. The number of nitrogens with zero attached hydrogens (tertiary/aromatic N) is 3. The minimum absolute atomic E-state index is 0.357. The van der Waals surface area contributed by atoms with Crippen molar-refractivity contribution in [2.45, 2.75) is 57.9 Å². The molecule has 1 unspecified atom stereocenters. The van der Waals surface area contributed by atoms with Crippen LogP contribution in [0.5, 0.6) is 17.2 Å². The number of hydrogen-bond acceptors (Lipinski definition) is 6. The highest BCUT2D eigenvalue weighted by Crippen LogP contribution is 2.40. The molecule has 1 fully saturated rings. The second kappa shape index (κ2) is 12.5. The SMILES string of the molecule is CCN(Cc1ccc(OCCN2CCCCC2)cn1)c1cc(OC)ccc1C1CCc2cc(O)ccc2C1. The summed E-state index contributed by atoms with van der Waals surface area (Å²) in [5, 5.41) is 9.90. The first kappa shape index (κ1) is 26.4. The number of rotatable bonds is 10. The summed E-state index contributed by atoms with van der Waals surface area (Å²) in [5.74, 6) is 2.48. The molecule has 0 bridgehead atoms. The lowest BCUT2D eigenvalue weighted by atomic mass is 9.79. The van der Waals surface area contributed by atoms with Gasteiger partial charge in [-0.2, -0.15) is 0 Å². The lowest BCUT2D eigenvalue weighted by Crippen LogP contribution is -2.33. The molecule has 5 rings (SSSR count). The van der Waals surface area contributed by atoms with Crippen molar-refractivity contribution < 1.29 is 14.6 Å². The Kier molecular flexibility index (Phi) is 8.69. The van der Waals surface area contributed by atoms with Crippen LogP contribution in [0.4, 0.5) is 5.69 Å². The van der Waals surface area contributed by atoms with E-state index in [1.54, 1.807) is 13.2 Å². The second-order valence-electron chi connectivity index (χ2n) is 10.6. The normalized spacial score (nSPS) is 17.6. The smallest absolute Gasteiger partial charge is 0.137 e. The second-order valence-corrected chi connectivity index (χ2v) is 10.6. The summed E-state index contributed by atoms with van der Waals surface area (Å²) >= 11 is 0. The quantitative estimate of drug-likeness (QED) is 0.360. The van der Waals surface area contributed by atoms with Crippen LogP contribution in [0, 0.1) is 0 Å². The summed E-state index contributed by atoms with van der Waals surface area (Å²) in [5.41, 5.74) is 6.19.